The van der Waals surface area contributed by atoms with Crippen LogP contribution >= 0.6 is 0 Å². The van der Waals surface area contributed by atoms with Gasteiger partial charge in [0.2, 0.25) is 5.91 Å². The van der Waals surface area contributed by atoms with E-state index in [1.807, 2.05) is 0 Å². The zero-order chi connectivity index (χ0) is 17.4. The lowest BCUT2D eigenvalue weighted by atomic mass is 10.0. The highest BCUT2D eigenvalue weighted by molar-refractivity contribution is 6.24. The van der Waals surface area contributed by atoms with Crippen molar-refractivity contribution in [3.8, 4) is 5.75 Å². The number of likely N-dealkylation sites (N-methyl/N-ethyl adjacent to an activating group) is 1. The Bertz CT molecular complexity index is 745. The van der Waals surface area contributed by atoms with E-state index in [9.17, 15) is 19.2 Å². The second-order valence-corrected chi connectivity index (χ2v) is 5.64. The van der Waals surface area contributed by atoms with Gasteiger partial charge >= 0.3 is 0 Å². The van der Waals surface area contributed by atoms with Crippen LogP contribution in [-0.2, 0) is 9.59 Å². The summed E-state index contributed by atoms with van der Waals surface area (Å²) in [5, 5.41) is 0. The standard InChI is InChI=1S/C16H17N3O5/c1-18-12(20)6-5-10(15(18)22)19-14(21)9-3-2-4-11(24-8-7-17)13(9)16(19)23/h2-4,10H,5-8,17H2,1H3. The number of rotatable bonds is 4. The molecule has 1 aromatic carbocycles. The summed E-state index contributed by atoms with van der Waals surface area (Å²) in [5.74, 6) is -1.73. The molecule has 1 atom stereocenters. The number of benzene rings is 1. The number of hydrogen-bond donors (Lipinski definition) is 1. The largest absolute Gasteiger partial charge is 0.491 e. The molecule has 24 heavy (non-hydrogen) atoms. The lowest BCUT2D eigenvalue weighted by Crippen LogP contribution is -2.54. The molecule has 2 N–H and O–H groups in total. The number of ether oxygens (including phenoxy) is 1. The van der Waals surface area contributed by atoms with Gasteiger partial charge in [-0.1, -0.05) is 6.07 Å². The topological polar surface area (TPSA) is 110 Å². The van der Waals surface area contributed by atoms with E-state index < -0.39 is 23.8 Å². The number of amides is 4. The molecule has 0 spiro atoms. The number of piperidine rings is 1. The summed E-state index contributed by atoms with van der Waals surface area (Å²) in [6.07, 6.45) is 0.239. The van der Waals surface area contributed by atoms with Gasteiger partial charge in [0.15, 0.2) is 0 Å². The Morgan fingerprint density at radius 1 is 1.21 bits per heavy atom. The average molecular weight is 331 g/mol. The fraction of sp³-hybridized carbons (Fsp3) is 0.375. The Kier molecular flexibility index (Phi) is 4.06. The molecule has 3 rings (SSSR count). The minimum Gasteiger partial charge on any atom is -0.491 e. The third-order valence-electron chi connectivity index (χ3n) is 4.22. The maximum absolute atomic E-state index is 12.8. The molecule has 0 aromatic heterocycles. The van der Waals surface area contributed by atoms with E-state index in [0.29, 0.717) is 0 Å². The Morgan fingerprint density at radius 3 is 2.67 bits per heavy atom. The van der Waals surface area contributed by atoms with Crippen molar-refractivity contribution in [1.29, 1.82) is 0 Å². The van der Waals surface area contributed by atoms with Crippen LogP contribution < -0.4 is 10.5 Å². The first-order chi connectivity index (χ1) is 11.5. The van der Waals surface area contributed by atoms with Crippen molar-refractivity contribution in [3.63, 3.8) is 0 Å². The van der Waals surface area contributed by atoms with Gasteiger partial charge < -0.3 is 10.5 Å². The zero-order valence-electron chi connectivity index (χ0n) is 13.2. The highest BCUT2D eigenvalue weighted by atomic mass is 16.5. The van der Waals surface area contributed by atoms with Gasteiger partial charge in [-0.05, 0) is 18.6 Å². The lowest BCUT2D eigenvalue weighted by molar-refractivity contribution is -0.149. The molecule has 4 amide bonds. The van der Waals surface area contributed by atoms with Crippen LogP contribution in [0.3, 0.4) is 0 Å². The molecule has 2 aliphatic rings. The van der Waals surface area contributed by atoms with Gasteiger partial charge in [0.05, 0.1) is 11.1 Å². The smallest absolute Gasteiger partial charge is 0.266 e. The number of nitrogens with zero attached hydrogens (tertiary/aromatic N) is 2. The summed E-state index contributed by atoms with van der Waals surface area (Å²) in [6.45, 7) is 0.473. The van der Waals surface area contributed by atoms with E-state index in [0.717, 1.165) is 9.80 Å². The van der Waals surface area contributed by atoms with E-state index in [1.165, 1.54) is 13.1 Å². The highest BCUT2D eigenvalue weighted by Gasteiger charge is 2.47. The molecule has 2 aliphatic heterocycles. The van der Waals surface area contributed by atoms with Crippen LogP contribution in [-0.4, -0.2) is 59.7 Å². The maximum atomic E-state index is 12.8. The first-order valence-corrected chi connectivity index (χ1v) is 7.61. The number of hydrogen-bond acceptors (Lipinski definition) is 6. The predicted octanol–water partition coefficient (Wildman–Crippen LogP) is -0.232. The van der Waals surface area contributed by atoms with Crippen LogP contribution in [0.15, 0.2) is 18.2 Å². The molecular weight excluding hydrogens is 314 g/mol. The third-order valence-corrected chi connectivity index (χ3v) is 4.22. The van der Waals surface area contributed by atoms with Gasteiger partial charge in [-0.3, -0.25) is 29.0 Å². The fourth-order valence-corrected chi connectivity index (χ4v) is 2.98. The number of carbonyl (C=O) groups excluding carboxylic acids is 4. The van der Waals surface area contributed by atoms with Gasteiger partial charge in [0, 0.05) is 20.0 Å². The molecule has 1 saturated heterocycles. The minimum absolute atomic E-state index is 0.108. The van der Waals surface area contributed by atoms with Crippen molar-refractivity contribution in [2.75, 3.05) is 20.2 Å². The quantitative estimate of drug-likeness (QED) is 0.763. The van der Waals surface area contributed by atoms with Crippen LogP contribution in [0.4, 0.5) is 0 Å². The second kappa shape index (κ2) is 6.04. The predicted molar refractivity (Wildman–Crippen MR) is 82.3 cm³/mol. The zero-order valence-corrected chi connectivity index (χ0v) is 13.2. The molecule has 0 saturated carbocycles. The van der Waals surface area contributed by atoms with Crippen molar-refractivity contribution in [2.24, 2.45) is 5.73 Å². The molecule has 0 radical (unpaired) electrons. The molecule has 2 heterocycles. The fourth-order valence-electron chi connectivity index (χ4n) is 2.98. The molecule has 126 valence electrons. The van der Waals surface area contributed by atoms with Crippen molar-refractivity contribution >= 4 is 23.6 Å². The van der Waals surface area contributed by atoms with Gasteiger partial charge in [0.25, 0.3) is 17.7 Å². The van der Waals surface area contributed by atoms with E-state index in [1.54, 1.807) is 12.1 Å². The summed E-state index contributed by atoms with van der Waals surface area (Å²) in [6, 6.07) is 3.74. The van der Waals surface area contributed by atoms with Crippen LogP contribution in [0.1, 0.15) is 33.6 Å². The maximum Gasteiger partial charge on any atom is 0.266 e. The monoisotopic (exact) mass is 331 g/mol. The van der Waals surface area contributed by atoms with E-state index in [-0.39, 0.29) is 48.8 Å². The number of fused-ring (bicyclic) bond motifs is 1. The van der Waals surface area contributed by atoms with Crippen LogP contribution in [0.2, 0.25) is 0 Å². The molecule has 0 aliphatic carbocycles. The first-order valence-electron chi connectivity index (χ1n) is 7.61. The molecule has 1 unspecified atom stereocenters. The molecular formula is C16H17N3O5. The number of nitrogens with two attached hydrogens (primary N) is 1. The number of imide groups is 2. The first kappa shape index (κ1) is 16.1. The molecule has 0 bridgehead atoms. The van der Waals surface area contributed by atoms with Gasteiger partial charge in [-0.15, -0.1) is 0 Å². The highest BCUT2D eigenvalue weighted by Crippen LogP contribution is 2.34. The number of likely N-dealkylation sites (tertiary alicyclic amines) is 1. The second-order valence-electron chi connectivity index (χ2n) is 5.64. The summed E-state index contributed by atoms with van der Waals surface area (Å²) in [7, 11) is 1.35. The summed E-state index contributed by atoms with van der Waals surface area (Å²) in [5.41, 5.74) is 5.74. The van der Waals surface area contributed by atoms with Crippen molar-refractivity contribution in [3.05, 3.63) is 29.3 Å². The van der Waals surface area contributed by atoms with E-state index >= 15 is 0 Å². The van der Waals surface area contributed by atoms with E-state index in [4.69, 9.17) is 10.5 Å². The minimum atomic E-state index is -0.970. The Hall–Kier alpha value is -2.74. The summed E-state index contributed by atoms with van der Waals surface area (Å²) < 4.78 is 5.44. The van der Waals surface area contributed by atoms with Crippen molar-refractivity contribution < 1.29 is 23.9 Å². The molecule has 8 heteroatoms. The van der Waals surface area contributed by atoms with Crippen molar-refractivity contribution in [2.45, 2.75) is 18.9 Å². The average Bonchev–Trinajstić information content (AvgIpc) is 2.83. The van der Waals surface area contributed by atoms with Crippen LogP contribution in [0.25, 0.3) is 0 Å². The summed E-state index contributed by atoms with van der Waals surface area (Å²) in [4.78, 5) is 51.2. The Morgan fingerprint density at radius 2 is 1.96 bits per heavy atom. The van der Waals surface area contributed by atoms with Crippen molar-refractivity contribution in [1.82, 2.24) is 9.80 Å². The van der Waals surface area contributed by atoms with Crippen LogP contribution in [0, 0.1) is 0 Å². The SMILES string of the molecule is CN1C(=O)CCC(N2C(=O)c3cccc(OCCN)c3C2=O)C1=O. The normalized spacial score (nSPS) is 20.7. The lowest BCUT2D eigenvalue weighted by Gasteiger charge is -2.32. The third kappa shape index (κ3) is 2.35. The molecule has 8 nitrogen and oxygen atoms in total. The van der Waals surface area contributed by atoms with Gasteiger partial charge in [-0.25, -0.2) is 0 Å². The van der Waals surface area contributed by atoms with Crippen LogP contribution in [0.5, 0.6) is 5.75 Å². The van der Waals surface area contributed by atoms with Gasteiger partial charge in [0.1, 0.15) is 18.4 Å². The Balaban J connectivity index is 1.96. The van der Waals surface area contributed by atoms with Gasteiger partial charge in [-0.2, -0.15) is 0 Å². The summed E-state index contributed by atoms with van der Waals surface area (Å²) >= 11 is 0. The Labute approximate surface area is 138 Å². The number of carbonyl (C=O) groups is 4. The van der Waals surface area contributed by atoms with E-state index in [2.05, 4.69) is 0 Å². The molecule has 1 fully saturated rings. The molecule has 1 aromatic rings.